The minimum atomic E-state index is -0.482. The van der Waals surface area contributed by atoms with E-state index in [1.165, 1.54) is 30.6 Å². The lowest BCUT2D eigenvalue weighted by atomic mass is 10.1. The summed E-state index contributed by atoms with van der Waals surface area (Å²) in [4.78, 5) is 18.9. The van der Waals surface area contributed by atoms with Crippen molar-refractivity contribution in [3.8, 4) is 5.75 Å². The first-order chi connectivity index (χ1) is 12.1. The Morgan fingerprint density at radius 3 is 2.60 bits per heavy atom. The molecule has 6 heteroatoms. The minimum Gasteiger partial charge on any atom is -0.494 e. The van der Waals surface area contributed by atoms with Gasteiger partial charge in [-0.2, -0.15) is 0 Å². The number of benzene rings is 2. The molecule has 3 rings (SSSR count). The molecule has 2 aromatic carbocycles. The van der Waals surface area contributed by atoms with Crippen LogP contribution in [0.15, 0.2) is 53.9 Å². The molecule has 0 bridgehead atoms. The molecule has 25 heavy (non-hydrogen) atoms. The summed E-state index contributed by atoms with van der Waals surface area (Å²) >= 11 is 1.40. The number of para-hydroxylation sites is 1. The molecule has 0 radical (unpaired) electrons. The first-order valence-electron chi connectivity index (χ1n) is 7.71. The number of hydrogen-bond acceptors (Lipinski definition) is 4. The van der Waals surface area contributed by atoms with Gasteiger partial charge < -0.3 is 4.74 Å². The summed E-state index contributed by atoms with van der Waals surface area (Å²) in [5, 5.41) is 2.49. The van der Waals surface area contributed by atoms with Crippen LogP contribution in [0.4, 0.5) is 15.2 Å². The summed E-state index contributed by atoms with van der Waals surface area (Å²) in [5.41, 5.74) is 2.16. The number of methoxy groups -OCH3 is 1. The van der Waals surface area contributed by atoms with Crippen LogP contribution in [-0.2, 0) is 11.2 Å². The highest BCUT2D eigenvalue weighted by atomic mass is 32.1. The van der Waals surface area contributed by atoms with Crippen molar-refractivity contribution in [2.24, 2.45) is 0 Å². The average Bonchev–Trinajstić information content (AvgIpc) is 3.02. The summed E-state index contributed by atoms with van der Waals surface area (Å²) in [6.07, 6.45) is 0.0639. The summed E-state index contributed by atoms with van der Waals surface area (Å²) < 4.78 is 18.8. The predicted octanol–water partition coefficient (Wildman–Crippen LogP) is 4.51. The van der Waals surface area contributed by atoms with Crippen molar-refractivity contribution in [2.45, 2.75) is 13.3 Å². The Kier molecular flexibility index (Phi) is 5.09. The number of nitrogens with zero attached hydrogens (tertiary/aromatic N) is 2. The normalized spacial score (nSPS) is 10.5. The lowest BCUT2D eigenvalue weighted by Crippen LogP contribution is -2.27. The fourth-order valence-corrected chi connectivity index (χ4v) is 3.29. The molecule has 0 fully saturated rings. The van der Waals surface area contributed by atoms with E-state index in [2.05, 4.69) is 4.98 Å². The van der Waals surface area contributed by atoms with Crippen molar-refractivity contribution in [3.05, 3.63) is 71.0 Å². The molecule has 3 aromatic rings. The third-order valence-electron chi connectivity index (χ3n) is 3.63. The molecule has 0 atom stereocenters. The van der Waals surface area contributed by atoms with Crippen LogP contribution in [-0.4, -0.2) is 18.0 Å². The van der Waals surface area contributed by atoms with Gasteiger partial charge in [0, 0.05) is 5.38 Å². The highest BCUT2D eigenvalue weighted by Crippen LogP contribution is 2.29. The Morgan fingerprint density at radius 2 is 2.00 bits per heavy atom. The van der Waals surface area contributed by atoms with E-state index in [-0.39, 0.29) is 18.1 Å². The van der Waals surface area contributed by atoms with Crippen LogP contribution < -0.4 is 9.64 Å². The second-order valence-corrected chi connectivity index (χ2v) is 6.32. The largest absolute Gasteiger partial charge is 0.494 e. The SMILES string of the molecule is COc1ccc(CC(=O)N(c2ccccc2)c2nc(C)cs2)cc1F. The predicted molar refractivity (Wildman–Crippen MR) is 97.1 cm³/mol. The highest BCUT2D eigenvalue weighted by molar-refractivity contribution is 7.14. The van der Waals surface area contributed by atoms with E-state index in [4.69, 9.17) is 4.74 Å². The lowest BCUT2D eigenvalue weighted by molar-refractivity contribution is -0.117. The van der Waals surface area contributed by atoms with E-state index >= 15 is 0 Å². The van der Waals surface area contributed by atoms with Crippen LogP contribution in [0.5, 0.6) is 5.75 Å². The standard InChI is InChI=1S/C19H17FN2O2S/c1-13-12-25-19(21-13)22(15-6-4-3-5-7-15)18(23)11-14-8-9-17(24-2)16(20)10-14/h3-10,12H,11H2,1-2H3. The number of aryl methyl sites for hydroxylation is 1. The molecule has 0 saturated heterocycles. The van der Waals surface area contributed by atoms with Gasteiger partial charge in [0.15, 0.2) is 16.7 Å². The number of anilines is 2. The van der Waals surface area contributed by atoms with Gasteiger partial charge in [-0.3, -0.25) is 9.69 Å². The van der Waals surface area contributed by atoms with Crippen molar-refractivity contribution in [1.82, 2.24) is 4.98 Å². The molecule has 0 aliphatic heterocycles. The number of amides is 1. The molecule has 1 heterocycles. The van der Waals surface area contributed by atoms with Gasteiger partial charge in [-0.05, 0) is 36.8 Å². The molecule has 0 spiro atoms. The van der Waals surface area contributed by atoms with Gasteiger partial charge >= 0.3 is 0 Å². The second kappa shape index (κ2) is 7.44. The van der Waals surface area contributed by atoms with Crippen LogP contribution in [0.1, 0.15) is 11.3 Å². The van der Waals surface area contributed by atoms with Gasteiger partial charge in [0.2, 0.25) is 5.91 Å². The van der Waals surface area contributed by atoms with Crippen molar-refractivity contribution in [2.75, 3.05) is 12.0 Å². The number of carbonyl (C=O) groups excluding carboxylic acids is 1. The summed E-state index contributed by atoms with van der Waals surface area (Å²) in [7, 11) is 1.41. The van der Waals surface area contributed by atoms with E-state index in [1.54, 1.807) is 11.0 Å². The molecular weight excluding hydrogens is 339 g/mol. The Morgan fingerprint density at radius 1 is 1.24 bits per heavy atom. The molecule has 128 valence electrons. The van der Waals surface area contributed by atoms with Gasteiger partial charge in [0.05, 0.1) is 24.9 Å². The third-order valence-corrected chi connectivity index (χ3v) is 4.58. The number of rotatable bonds is 5. The smallest absolute Gasteiger partial charge is 0.237 e. The van der Waals surface area contributed by atoms with E-state index in [9.17, 15) is 9.18 Å². The van der Waals surface area contributed by atoms with Crippen LogP contribution in [0.3, 0.4) is 0 Å². The maximum Gasteiger partial charge on any atom is 0.237 e. The number of ether oxygens (including phenoxy) is 1. The van der Waals surface area contributed by atoms with Gasteiger partial charge in [-0.25, -0.2) is 9.37 Å². The van der Waals surface area contributed by atoms with Crippen molar-refractivity contribution < 1.29 is 13.9 Å². The molecular formula is C19H17FN2O2S. The zero-order valence-electron chi connectivity index (χ0n) is 13.9. The molecule has 0 saturated carbocycles. The molecule has 4 nitrogen and oxygen atoms in total. The van der Waals surface area contributed by atoms with E-state index in [0.29, 0.717) is 10.7 Å². The highest BCUT2D eigenvalue weighted by Gasteiger charge is 2.21. The van der Waals surface area contributed by atoms with Gasteiger partial charge in [-0.1, -0.05) is 24.3 Å². The summed E-state index contributed by atoms with van der Waals surface area (Å²) in [6.45, 7) is 1.88. The van der Waals surface area contributed by atoms with Crippen LogP contribution >= 0.6 is 11.3 Å². The molecule has 0 aliphatic carbocycles. The summed E-state index contributed by atoms with van der Waals surface area (Å²) in [5.74, 6) is -0.499. The van der Waals surface area contributed by atoms with E-state index in [0.717, 1.165) is 11.4 Å². The monoisotopic (exact) mass is 356 g/mol. The molecule has 0 aliphatic rings. The maximum atomic E-state index is 13.9. The summed E-state index contributed by atoms with van der Waals surface area (Å²) in [6, 6.07) is 13.9. The number of aromatic nitrogens is 1. The average molecular weight is 356 g/mol. The van der Waals surface area contributed by atoms with Crippen LogP contribution in [0, 0.1) is 12.7 Å². The second-order valence-electron chi connectivity index (χ2n) is 5.48. The Hall–Kier alpha value is -2.73. The number of halogens is 1. The number of hydrogen-bond donors (Lipinski definition) is 0. The molecule has 1 amide bonds. The van der Waals surface area contributed by atoms with Crippen molar-refractivity contribution in [3.63, 3.8) is 0 Å². The van der Waals surface area contributed by atoms with Crippen LogP contribution in [0.2, 0.25) is 0 Å². The lowest BCUT2D eigenvalue weighted by Gasteiger charge is -2.20. The third kappa shape index (κ3) is 3.85. The first kappa shape index (κ1) is 17.1. The zero-order chi connectivity index (χ0) is 17.8. The maximum absolute atomic E-state index is 13.9. The fraction of sp³-hybridized carbons (Fsp3) is 0.158. The first-order valence-corrected chi connectivity index (χ1v) is 8.59. The molecule has 1 aromatic heterocycles. The minimum absolute atomic E-state index is 0.0639. The molecule has 0 N–H and O–H groups in total. The molecule has 0 unspecified atom stereocenters. The number of thiazole rings is 1. The number of carbonyl (C=O) groups is 1. The fourth-order valence-electron chi connectivity index (χ4n) is 2.46. The quantitative estimate of drug-likeness (QED) is 0.676. The Bertz CT molecular complexity index is 880. The Balaban J connectivity index is 1.91. The van der Waals surface area contributed by atoms with Gasteiger partial charge in [0.25, 0.3) is 0 Å². The van der Waals surface area contributed by atoms with Gasteiger partial charge in [-0.15, -0.1) is 11.3 Å². The van der Waals surface area contributed by atoms with Crippen molar-refractivity contribution in [1.29, 1.82) is 0 Å². The van der Waals surface area contributed by atoms with Gasteiger partial charge in [0.1, 0.15) is 0 Å². The van der Waals surface area contributed by atoms with Crippen molar-refractivity contribution >= 4 is 28.1 Å². The van der Waals surface area contributed by atoms with Crippen LogP contribution in [0.25, 0.3) is 0 Å². The topological polar surface area (TPSA) is 42.4 Å². The van der Waals surface area contributed by atoms with E-state index < -0.39 is 5.82 Å². The zero-order valence-corrected chi connectivity index (χ0v) is 14.7. The Labute approximate surface area is 149 Å². The van der Waals surface area contributed by atoms with E-state index in [1.807, 2.05) is 42.6 Å².